The molecule has 0 aliphatic heterocycles. The molecule has 0 aliphatic rings. The van der Waals surface area contributed by atoms with Crippen LogP contribution in [0.2, 0.25) is 5.02 Å². The van der Waals surface area contributed by atoms with Crippen molar-refractivity contribution in [1.82, 2.24) is 4.98 Å². The summed E-state index contributed by atoms with van der Waals surface area (Å²) in [5, 5.41) is 0.647. The Morgan fingerprint density at radius 2 is 1.94 bits per heavy atom. The molecule has 92 valence electrons. The van der Waals surface area contributed by atoms with E-state index in [-0.39, 0.29) is 4.99 Å². The Kier molecular flexibility index (Phi) is 3.79. The van der Waals surface area contributed by atoms with E-state index in [9.17, 15) is 0 Å². The largest absolute Gasteiger partial charge is 0.438 e. The van der Waals surface area contributed by atoms with Crippen molar-refractivity contribution in [3.63, 3.8) is 0 Å². The maximum atomic E-state index is 5.81. The fourth-order valence-corrected chi connectivity index (χ4v) is 1.90. The number of rotatable bonds is 3. The van der Waals surface area contributed by atoms with Gasteiger partial charge in [-0.15, -0.1) is 0 Å². The van der Waals surface area contributed by atoms with Crippen LogP contribution < -0.4 is 10.5 Å². The molecule has 0 spiro atoms. The van der Waals surface area contributed by atoms with Gasteiger partial charge in [-0.3, -0.25) is 0 Å². The van der Waals surface area contributed by atoms with Crippen LogP contribution in [0.4, 0.5) is 0 Å². The first-order chi connectivity index (χ1) is 8.58. The second-order valence-electron chi connectivity index (χ2n) is 3.73. The molecule has 1 aromatic carbocycles. The minimum atomic E-state index is 0.268. The zero-order chi connectivity index (χ0) is 13.1. The quantitative estimate of drug-likeness (QED) is 0.874. The number of hydrogen-bond donors (Lipinski definition) is 1. The number of halogens is 1. The second-order valence-corrected chi connectivity index (χ2v) is 4.60. The Labute approximate surface area is 116 Å². The first kappa shape index (κ1) is 12.8. The van der Waals surface area contributed by atoms with E-state index in [0.29, 0.717) is 22.2 Å². The van der Waals surface area contributed by atoms with Crippen molar-refractivity contribution < 1.29 is 4.74 Å². The Morgan fingerprint density at radius 1 is 1.28 bits per heavy atom. The van der Waals surface area contributed by atoms with Gasteiger partial charge in [0.15, 0.2) is 0 Å². The Balaban J connectivity index is 2.37. The van der Waals surface area contributed by atoms with Crippen molar-refractivity contribution >= 4 is 28.8 Å². The van der Waals surface area contributed by atoms with E-state index in [0.717, 1.165) is 5.56 Å². The molecule has 0 bridgehead atoms. The molecule has 0 radical (unpaired) electrons. The first-order valence-corrected chi connectivity index (χ1v) is 6.05. The Hall–Kier alpha value is -1.65. The van der Waals surface area contributed by atoms with Crippen LogP contribution in [0.15, 0.2) is 36.5 Å². The van der Waals surface area contributed by atoms with Gasteiger partial charge < -0.3 is 10.5 Å². The van der Waals surface area contributed by atoms with E-state index < -0.39 is 0 Å². The van der Waals surface area contributed by atoms with Crippen molar-refractivity contribution in [1.29, 1.82) is 0 Å². The number of thiocarbonyl (C=S) groups is 1. The van der Waals surface area contributed by atoms with Gasteiger partial charge in [0.2, 0.25) is 5.88 Å². The number of aromatic nitrogens is 1. The predicted octanol–water partition coefficient (Wildman–Crippen LogP) is 3.47. The number of aryl methyl sites for hydroxylation is 1. The maximum absolute atomic E-state index is 5.81. The number of nitrogens with two attached hydrogens (primary N) is 1. The molecule has 0 fully saturated rings. The van der Waals surface area contributed by atoms with Gasteiger partial charge in [0, 0.05) is 11.2 Å². The van der Waals surface area contributed by atoms with Crippen LogP contribution in [0.3, 0.4) is 0 Å². The summed E-state index contributed by atoms with van der Waals surface area (Å²) in [6.45, 7) is 1.91. The molecule has 1 aromatic heterocycles. The Morgan fingerprint density at radius 3 is 2.56 bits per heavy atom. The third kappa shape index (κ3) is 2.78. The molecule has 0 saturated carbocycles. The fraction of sp³-hybridized carbons (Fsp3) is 0.0769. The van der Waals surface area contributed by atoms with Crippen LogP contribution in [0.5, 0.6) is 11.6 Å². The maximum Gasteiger partial charge on any atom is 0.229 e. The molecule has 1 heterocycles. The summed E-state index contributed by atoms with van der Waals surface area (Å²) in [5.74, 6) is 1.04. The molecule has 5 heteroatoms. The average molecular weight is 279 g/mol. The summed E-state index contributed by atoms with van der Waals surface area (Å²) >= 11 is 10.8. The van der Waals surface area contributed by atoms with Crippen LogP contribution >= 0.6 is 23.8 Å². The summed E-state index contributed by atoms with van der Waals surface area (Å²) in [5.41, 5.74) is 7.27. The molecule has 0 unspecified atom stereocenters. The highest BCUT2D eigenvalue weighted by Crippen LogP contribution is 2.26. The molecule has 0 aliphatic carbocycles. The number of nitrogens with zero attached hydrogens (tertiary/aromatic N) is 1. The molecule has 2 aromatic rings. The minimum Gasteiger partial charge on any atom is -0.438 e. The van der Waals surface area contributed by atoms with E-state index in [2.05, 4.69) is 4.98 Å². The monoisotopic (exact) mass is 278 g/mol. The van der Waals surface area contributed by atoms with Gasteiger partial charge >= 0.3 is 0 Å². The third-order valence-corrected chi connectivity index (χ3v) is 2.86. The van der Waals surface area contributed by atoms with Crippen molar-refractivity contribution in [3.8, 4) is 11.6 Å². The second kappa shape index (κ2) is 5.33. The number of hydrogen-bond acceptors (Lipinski definition) is 3. The standard InChI is InChI=1S/C13H11ClN2OS/c1-8-6-7-16-13(11(8)12(15)18)17-10-4-2-9(14)3-5-10/h2-7H,1H3,(H2,15,18). The van der Waals surface area contributed by atoms with Crippen LogP contribution in [-0.2, 0) is 0 Å². The predicted molar refractivity (Wildman–Crippen MR) is 76.4 cm³/mol. The van der Waals surface area contributed by atoms with E-state index in [1.54, 1.807) is 30.5 Å². The van der Waals surface area contributed by atoms with E-state index in [1.165, 1.54) is 0 Å². The Bertz CT molecular complexity index is 584. The number of ether oxygens (including phenoxy) is 1. The minimum absolute atomic E-state index is 0.268. The van der Waals surface area contributed by atoms with Crippen molar-refractivity contribution in [2.75, 3.05) is 0 Å². The third-order valence-electron chi connectivity index (χ3n) is 2.40. The molecular formula is C13H11ClN2OS. The number of pyridine rings is 1. The number of benzene rings is 1. The highest BCUT2D eigenvalue weighted by atomic mass is 35.5. The van der Waals surface area contributed by atoms with Crippen LogP contribution in [-0.4, -0.2) is 9.97 Å². The topological polar surface area (TPSA) is 48.1 Å². The van der Waals surface area contributed by atoms with Gasteiger partial charge in [0.25, 0.3) is 0 Å². The van der Waals surface area contributed by atoms with Crippen LogP contribution in [0.25, 0.3) is 0 Å². The van der Waals surface area contributed by atoms with Gasteiger partial charge in [0.1, 0.15) is 10.7 Å². The van der Waals surface area contributed by atoms with E-state index in [1.807, 2.05) is 13.0 Å². The van der Waals surface area contributed by atoms with Crippen molar-refractivity contribution in [2.24, 2.45) is 5.73 Å². The van der Waals surface area contributed by atoms with E-state index >= 15 is 0 Å². The zero-order valence-corrected chi connectivity index (χ0v) is 11.3. The highest BCUT2D eigenvalue weighted by Gasteiger charge is 2.11. The highest BCUT2D eigenvalue weighted by molar-refractivity contribution is 7.80. The van der Waals surface area contributed by atoms with Crippen LogP contribution in [0.1, 0.15) is 11.1 Å². The van der Waals surface area contributed by atoms with Gasteiger partial charge in [-0.25, -0.2) is 4.98 Å². The molecule has 0 amide bonds. The smallest absolute Gasteiger partial charge is 0.229 e. The van der Waals surface area contributed by atoms with Crippen LogP contribution in [0, 0.1) is 6.92 Å². The van der Waals surface area contributed by atoms with Crippen molar-refractivity contribution in [2.45, 2.75) is 6.92 Å². The summed E-state index contributed by atoms with van der Waals surface area (Å²) in [4.78, 5) is 4.42. The lowest BCUT2D eigenvalue weighted by Gasteiger charge is -2.11. The molecule has 2 N–H and O–H groups in total. The lowest BCUT2D eigenvalue weighted by molar-refractivity contribution is 0.461. The van der Waals surface area contributed by atoms with Gasteiger partial charge in [-0.2, -0.15) is 0 Å². The fourth-order valence-electron chi connectivity index (χ4n) is 1.52. The normalized spacial score (nSPS) is 10.1. The molecular weight excluding hydrogens is 268 g/mol. The summed E-state index contributed by atoms with van der Waals surface area (Å²) in [6, 6.07) is 8.84. The lowest BCUT2D eigenvalue weighted by Crippen LogP contribution is -2.13. The lowest BCUT2D eigenvalue weighted by atomic mass is 10.1. The molecule has 3 nitrogen and oxygen atoms in total. The van der Waals surface area contributed by atoms with Gasteiger partial charge in [0.05, 0.1) is 5.56 Å². The zero-order valence-electron chi connectivity index (χ0n) is 9.68. The molecule has 0 saturated heterocycles. The van der Waals surface area contributed by atoms with Crippen molar-refractivity contribution in [3.05, 3.63) is 52.7 Å². The van der Waals surface area contributed by atoms with Gasteiger partial charge in [-0.1, -0.05) is 23.8 Å². The summed E-state index contributed by atoms with van der Waals surface area (Å²) in [7, 11) is 0. The summed E-state index contributed by atoms with van der Waals surface area (Å²) in [6.07, 6.45) is 1.66. The molecule has 0 atom stereocenters. The molecule has 2 rings (SSSR count). The molecule has 18 heavy (non-hydrogen) atoms. The SMILES string of the molecule is Cc1ccnc(Oc2ccc(Cl)cc2)c1C(N)=S. The van der Waals surface area contributed by atoms with E-state index in [4.69, 9.17) is 34.3 Å². The van der Waals surface area contributed by atoms with Gasteiger partial charge in [-0.05, 0) is 42.8 Å². The summed E-state index contributed by atoms with van der Waals surface area (Å²) < 4.78 is 5.67. The average Bonchev–Trinajstić information content (AvgIpc) is 2.32. The first-order valence-electron chi connectivity index (χ1n) is 5.27.